The molecule has 0 aliphatic heterocycles. The summed E-state index contributed by atoms with van der Waals surface area (Å²) >= 11 is 0. The minimum absolute atomic E-state index is 0.0420. The van der Waals surface area contributed by atoms with E-state index in [4.69, 9.17) is 9.84 Å². The molecule has 2 amide bonds. The van der Waals surface area contributed by atoms with Crippen molar-refractivity contribution < 1.29 is 24.2 Å². The summed E-state index contributed by atoms with van der Waals surface area (Å²) in [7, 11) is 1.59. The summed E-state index contributed by atoms with van der Waals surface area (Å²) in [5.41, 5.74) is 4.58. The first-order valence-electron chi connectivity index (χ1n) is 11.7. The Balaban J connectivity index is 1.63. The van der Waals surface area contributed by atoms with E-state index in [1.807, 2.05) is 38.1 Å². The Morgan fingerprint density at radius 2 is 1.50 bits per heavy atom. The fourth-order valence-electron chi connectivity index (χ4n) is 4.83. The van der Waals surface area contributed by atoms with Crippen LogP contribution in [0, 0.1) is 17.8 Å². The lowest BCUT2D eigenvalue weighted by atomic mass is 9.88. The predicted molar refractivity (Wildman–Crippen MR) is 130 cm³/mol. The van der Waals surface area contributed by atoms with E-state index in [-0.39, 0.29) is 30.9 Å². The number of amides is 2. The maximum absolute atomic E-state index is 13.0. The Kier molecular flexibility index (Phi) is 7.97. The van der Waals surface area contributed by atoms with Crippen molar-refractivity contribution in [3.05, 3.63) is 59.7 Å². The molecule has 2 aromatic carbocycles. The van der Waals surface area contributed by atoms with Crippen LogP contribution < -0.4 is 5.32 Å². The zero-order valence-electron chi connectivity index (χ0n) is 20.4. The van der Waals surface area contributed by atoms with Crippen molar-refractivity contribution in [3.8, 4) is 11.1 Å². The van der Waals surface area contributed by atoms with Crippen molar-refractivity contribution >= 4 is 18.0 Å². The van der Waals surface area contributed by atoms with Crippen LogP contribution in [0.1, 0.15) is 44.7 Å². The molecule has 1 aliphatic rings. The SMILES string of the molecule is CC(CN(C)C(=O)C(C(C)C)C(C)NC(=O)OCC1c2ccccc2-c2ccccc21)C(=O)O. The van der Waals surface area contributed by atoms with Crippen LogP contribution in [-0.4, -0.2) is 54.2 Å². The summed E-state index contributed by atoms with van der Waals surface area (Å²) in [6, 6.07) is 15.8. The first-order valence-corrected chi connectivity index (χ1v) is 11.7. The molecule has 0 aromatic heterocycles. The van der Waals surface area contributed by atoms with Crippen LogP contribution in [0.25, 0.3) is 11.1 Å². The number of nitrogens with one attached hydrogen (secondary N) is 1. The number of hydrogen-bond donors (Lipinski definition) is 2. The molecule has 3 unspecified atom stereocenters. The molecular weight excluding hydrogens is 432 g/mol. The number of ether oxygens (including phenoxy) is 1. The molecule has 0 saturated heterocycles. The van der Waals surface area contributed by atoms with Crippen molar-refractivity contribution in [2.45, 2.75) is 39.7 Å². The molecule has 3 rings (SSSR count). The maximum atomic E-state index is 13.0. The second kappa shape index (κ2) is 10.7. The summed E-state index contributed by atoms with van der Waals surface area (Å²) in [6.07, 6.45) is -0.575. The third-order valence-electron chi connectivity index (χ3n) is 6.58. The smallest absolute Gasteiger partial charge is 0.407 e. The lowest BCUT2D eigenvalue weighted by Gasteiger charge is -2.31. The zero-order valence-corrected chi connectivity index (χ0v) is 20.4. The largest absolute Gasteiger partial charge is 0.481 e. The van der Waals surface area contributed by atoms with Gasteiger partial charge in [-0.25, -0.2) is 4.79 Å². The van der Waals surface area contributed by atoms with E-state index in [0.717, 1.165) is 22.3 Å². The molecule has 0 radical (unpaired) electrons. The molecule has 2 aromatic rings. The predicted octanol–water partition coefficient (Wildman–Crippen LogP) is 4.36. The van der Waals surface area contributed by atoms with Gasteiger partial charge in [0.15, 0.2) is 0 Å². The number of carboxylic acids is 1. The van der Waals surface area contributed by atoms with Crippen molar-refractivity contribution in [3.63, 3.8) is 0 Å². The van der Waals surface area contributed by atoms with E-state index >= 15 is 0 Å². The maximum Gasteiger partial charge on any atom is 0.407 e. The molecule has 0 saturated carbocycles. The van der Waals surface area contributed by atoms with Crippen molar-refractivity contribution in [1.82, 2.24) is 10.2 Å². The molecule has 0 bridgehead atoms. The highest BCUT2D eigenvalue weighted by Gasteiger charge is 2.34. The molecular formula is C27H34N2O5. The molecule has 0 spiro atoms. The highest BCUT2D eigenvalue weighted by atomic mass is 16.5. The summed E-state index contributed by atoms with van der Waals surface area (Å²) < 4.78 is 5.62. The topological polar surface area (TPSA) is 95.9 Å². The zero-order chi connectivity index (χ0) is 25.0. The fourth-order valence-corrected chi connectivity index (χ4v) is 4.83. The van der Waals surface area contributed by atoms with Crippen LogP contribution in [0.2, 0.25) is 0 Å². The van der Waals surface area contributed by atoms with Gasteiger partial charge in [0.05, 0.1) is 11.8 Å². The van der Waals surface area contributed by atoms with Crippen LogP contribution in [-0.2, 0) is 14.3 Å². The van der Waals surface area contributed by atoms with Gasteiger partial charge in [0.1, 0.15) is 6.61 Å². The van der Waals surface area contributed by atoms with Crippen LogP contribution in [0.5, 0.6) is 0 Å². The summed E-state index contributed by atoms with van der Waals surface area (Å²) in [5, 5.41) is 12.0. The molecule has 7 heteroatoms. The van der Waals surface area contributed by atoms with E-state index in [1.54, 1.807) is 20.9 Å². The highest BCUT2D eigenvalue weighted by Crippen LogP contribution is 2.44. The van der Waals surface area contributed by atoms with E-state index in [2.05, 4.69) is 29.6 Å². The molecule has 3 atom stereocenters. The molecule has 1 aliphatic carbocycles. The first-order chi connectivity index (χ1) is 16.1. The van der Waals surface area contributed by atoms with Gasteiger partial charge in [0.2, 0.25) is 5.91 Å². The van der Waals surface area contributed by atoms with Gasteiger partial charge in [0.25, 0.3) is 0 Å². The van der Waals surface area contributed by atoms with Gasteiger partial charge in [-0.3, -0.25) is 9.59 Å². The number of aliphatic carboxylic acids is 1. The van der Waals surface area contributed by atoms with Gasteiger partial charge in [-0.2, -0.15) is 0 Å². The van der Waals surface area contributed by atoms with Gasteiger partial charge in [-0.15, -0.1) is 0 Å². The first kappa shape index (κ1) is 25.3. The van der Waals surface area contributed by atoms with Crippen LogP contribution in [0.4, 0.5) is 4.79 Å². The van der Waals surface area contributed by atoms with E-state index in [1.165, 1.54) is 4.90 Å². The minimum Gasteiger partial charge on any atom is -0.481 e. The number of alkyl carbamates (subject to hydrolysis) is 1. The Morgan fingerprint density at radius 1 is 0.971 bits per heavy atom. The number of benzene rings is 2. The van der Waals surface area contributed by atoms with Crippen molar-refractivity contribution in [1.29, 1.82) is 0 Å². The summed E-state index contributed by atoms with van der Waals surface area (Å²) in [4.78, 5) is 38.3. The lowest BCUT2D eigenvalue weighted by Crippen LogP contribution is -2.49. The number of fused-ring (bicyclic) bond motifs is 3. The third kappa shape index (κ3) is 5.41. The number of carboxylic acid groups (broad SMARTS) is 1. The van der Waals surface area contributed by atoms with Gasteiger partial charge in [-0.05, 0) is 35.1 Å². The van der Waals surface area contributed by atoms with E-state index < -0.39 is 29.9 Å². The lowest BCUT2D eigenvalue weighted by molar-refractivity contribution is -0.143. The average Bonchev–Trinajstić information content (AvgIpc) is 3.11. The van der Waals surface area contributed by atoms with Crippen LogP contribution >= 0.6 is 0 Å². The molecule has 0 fully saturated rings. The number of rotatable bonds is 9. The number of carbonyl (C=O) groups excluding carboxylic acids is 2. The average molecular weight is 467 g/mol. The molecule has 182 valence electrons. The summed E-state index contributed by atoms with van der Waals surface area (Å²) in [5.74, 6) is -2.43. The molecule has 2 N–H and O–H groups in total. The molecule has 34 heavy (non-hydrogen) atoms. The molecule has 7 nitrogen and oxygen atoms in total. The Hall–Kier alpha value is -3.35. The number of carbonyl (C=O) groups is 3. The number of hydrogen-bond acceptors (Lipinski definition) is 4. The van der Waals surface area contributed by atoms with E-state index in [0.29, 0.717) is 0 Å². The number of nitrogens with zero attached hydrogens (tertiary/aromatic N) is 1. The van der Waals surface area contributed by atoms with Crippen LogP contribution in [0.15, 0.2) is 48.5 Å². The van der Waals surface area contributed by atoms with Gasteiger partial charge in [-0.1, -0.05) is 69.3 Å². The Morgan fingerprint density at radius 3 is 2.00 bits per heavy atom. The van der Waals surface area contributed by atoms with Gasteiger partial charge < -0.3 is 20.1 Å². The molecule has 0 heterocycles. The Bertz CT molecular complexity index is 1010. The summed E-state index contributed by atoms with van der Waals surface area (Å²) in [6.45, 7) is 7.46. The second-order valence-electron chi connectivity index (χ2n) is 9.49. The Labute approximate surface area is 201 Å². The van der Waals surface area contributed by atoms with Crippen LogP contribution in [0.3, 0.4) is 0 Å². The minimum atomic E-state index is -0.953. The second-order valence-corrected chi connectivity index (χ2v) is 9.49. The van der Waals surface area contributed by atoms with Gasteiger partial charge >= 0.3 is 12.1 Å². The quantitative estimate of drug-likeness (QED) is 0.572. The van der Waals surface area contributed by atoms with Crippen molar-refractivity contribution in [2.24, 2.45) is 17.8 Å². The van der Waals surface area contributed by atoms with Gasteiger partial charge in [0, 0.05) is 25.6 Å². The van der Waals surface area contributed by atoms with E-state index in [9.17, 15) is 14.4 Å². The standard InChI is InChI=1S/C27H34N2O5/c1-16(2)24(25(30)29(5)14-17(3)26(31)32)18(4)28-27(33)34-15-23-21-12-8-6-10-19(21)20-11-7-9-13-22(20)23/h6-13,16-18,23-24H,14-15H2,1-5H3,(H,28,33)(H,31,32). The highest BCUT2D eigenvalue weighted by molar-refractivity contribution is 5.81. The van der Waals surface area contributed by atoms with Crippen molar-refractivity contribution in [2.75, 3.05) is 20.2 Å². The fraction of sp³-hybridized carbons (Fsp3) is 0.444. The normalized spacial score (nSPS) is 15.1. The monoisotopic (exact) mass is 466 g/mol. The third-order valence-corrected chi connectivity index (χ3v) is 6.58.